The fourth-order valence-corrected chi connectivity index (χ4v) is 3.35. The molecule has 7 heteroatoms. The third-order valence-electron chi connectivity index (χ3n) is 2.90. The van der Waals surface area contributed by atoms with E-state index in [0.717, 1.165) is 5.75 Å². The van der Waals surface area contributed by atoms with Gasteiger partial charge in [-0.05, 0) is 36.4 Å². The fraction of sp³-hybridized carbons (Fsp3) is 0.0625. The molecular formula is C16H13N3O2S2. The normalized spacial score (nSPS) is 10.4. The van der Waals surface area contributed by atoms with Crippen LogP contribution < -0.4 is 10.5 Å². The van der Waals surface area contributed by atoms with E-state index < -0.39 is 0 Å². The molecule has 23 heavy (non-hydrogen) atoms. The molecule has 0 saturated heterocycles. The standard InChI is InChI=1S/C16H13N3O2S2/c17-15-18-19-16(23-15)22-10-14(20)11-6-8-13(9-7-11)21-12-4-2-1-3-5-12/h1-9H,10H2,(H2,17,18). The lowest BCUT2D eigenvalue weighted by atomic mass is 10.1. The summed E-state index contributed by atoms with van der Waals surface area (Å²) in [5, 5.41) is 8.00. The van der Waals surface area contributed by atoms with Crippen LogP contribution in [-0.4, -0.2) is 21.7 Å². The van der Waals surface area contributed by atoms with E-state index in [1.807, 2.05) is 30.3 Å². The number of rotatable bonds is 6. The molecule has 0 saturated carbocycles. The maximum Gasteiger partial charge on any atom is 0.203 e. The molecule has 0 unspecified atom stereocenters. The minimum atomic E-state index is 0.0232. The number of Topliss-reactive ketones (excluding diaryl/α,β-unsaturated/α-hetero) is 1. The summed E-state index contributed by atoms with van der Waals surface area (Å²) in [4.78, 5) is 12.2. The van der Waals surface area contributed by atoms with Crippen molar-refractivity contribution in [2.24, 2.45) is 0 Å². The molecule has 0 spiro atoms. The summed E-state index contributed by atoms with van der Waals surface area (Å²) in [5.74, 6) is 1.77. The van der Waals surface area contributed by atoms with Gasteiger partial charge in [-0.1, -0.05) is 41.3 Å². The lowest BCUT2D eigenvalue weighted by Crippen LogP contribution is -2.02. The Labute approximate surface area is 141 Å². The van der Waals surface area contributed by atoms with Gasteiger partial charge in [0.1, 0.15) is 11.5 Å². The molecule has 2 N–H and O–H groups in total. The van der Waals surface area contributed by atoms with Crippen molar-refractivity contribution in [2.75, 3.05) is 11.5 Å². The molecule has 3 rings (SSSR count). The summed E-state index contributed by atoms with van der Waals surface area (Å²) in [6.45, 7) is 0. The molecule has 0 bridgehead atoms. The Balaban J connectivity index is 1.59. The van der Waals surface area contributed by atoms with Crippen molar-refractivity contribution in [1.29, 1.82) is 0 Å². The van der Waals surface area contributed by atoms with Crippen molar-refractivity contribution in [2.45, 2.75) is 4.34 Å². The van der Waals surface area contributed by atoms with E-state index in [9.17, 15) is 4.79 Å². The van der Waals surface area contributed by atoms with Crippen LogP contribution in [0.1, 0.15) is 10.4 Å². The number of thioether (sulfide) groups is 1. The predicted molar refractivity (Wildman–Crippen MR) is 92.3 cm³/mol. The van der Waals surface area contributed by atoms with Crippen molar-refractivity contribution in [3.8, 4) is 11.5 Å². The van der Waals surface area contributed by atoms with E-state index in [2.05, 4.69) is 10.2 Å². The summed E-state index contributed by atoms with van der Waals surface area (Å²) in [6, 6.07) is 16.6. The summed E-state index contributed by atoms with van der Waals surface area (Å²) >= 11 is 2.61. The van der Waals surface area contributed by atoms with Crippen molar-refractivity contribution in [3.63, 3.8) is 0 Å². The number of nitrogen functional groups attached to an aromatic ring is 1. The number of hydrogen-bond donors (Lipinski definition) is 1. The minimum absolute atomic E-state index is 0.0232. The van der Waals surface area contributed by atoms with Crippen LogP contribution in [0.4, 0.5) is 5.13 Å². The topological polar surface area (TPSA) is 78.1 Å². The van der Waals surface area contributed by atoms with Crippen LogP contribution in [0.3, 0.4) is 0 Å². The molecule has 5 nitrogen and oxygen atoms in total. The molecule has 116 valence electrons. The van der Waals surface area contributed by atoms with E-state index in [1.165, 1.54) is 23.1 Å². The number of aromatic nitrogens is 2. The lowest BCUT2D eigenvalue weighted by Gasteiger charge is -2.06. The van der Waals surface area contributed by atoms with Gasteiger partial charge >= 0.3 is 0 Å². The molecule has 0 radical (unpaired) electrons. The zero-order chi connectivity index (χ0) is 16.1. The van der Waals surface area contributed by atoms with Gasteiger partial charge in [-0.3, -0.25) is 4.79 Å². The highest BCUT2D eigenvalue weighted by atomic mass is 32.2. The van der Waals surface area contributed by atoms with Gasteiger partial charge in [0.15, 0.2) is 10.1 Å². The van der Waals surface area contributed by atoms with Crippen molar-refractivity contribution in [1.82, 2.24) is 10.2 Å². The van der Waals surface area contributed by atoms with E-state index in [4.69, 9.17) is 10.5 Å². The first kappa shape index (κ1) is 15.5. The molecule has 1 heterocycles. The van der Waals surface area contributed by atoms with E-state index in [1.54, 1.807) is 24.3 Å². The molecule has 0 aliphatic carbocycles. The van der Waals surface area contributed by atoms with Gasteiger partial charge in [-0.25, -0.2) is 0 Å². The maximum atomic E-state index is 12.2. The van der Waals surface area contributed by atoms with Crippen LogP contribution in [0.25, 0.3) is 0 Å². The molecule has 2 aromatic carbocycles. The summed E-state index contributed by atoms with van der Waals surface area (Å²) < 4.78 is 6.39. The average molecular weight is 343 g/mol. The first-order valence-corrected chi connectivity index (χ1v) is 8.59. The third kappa shape index (κ3) is 4.30. The number of nitrogens with zero attached hydrogens (tertiary/aromatic N) is 2. The average Bonchev–Trinajstić information content (AvgIpc) is 3.00. The van der Waals surface area contributed by atoms with Gasteiger partial charge < -0.3 is 10.5 Å². The molecule has 0 fully saturated rings. The zero-order valence-corrected chi connectivity index (χ0v) is 13.6. The van der Waals surface area contributed by atoms with Crippen LogP contribution in [-0.2, 0) is 0 Å². The van der Waals surface area contributed by atoms with Crippen LogP contribution in [0.2, 0.25) is 0 Å². The smallest absolute Gasteiger partial charge is 0.203 e. The summed E-state index contributed by atoms with van der Waals surface area (Å²) in [7, 11) is 0. The second-order valence-electron chi connectivity index (χ2n) is 4.56. The second-order valence-corrected chi connectivity index (χ2v) is 6.79. The molecule has 0 aliphatic heterocycles. The van der Waals surface area contributed by atoms with E-state index >= 15 is 0 Å². The largest absolute Gasteiger partial charge is 0.457 e. The van der Waals surface area contributed by atoms with Crippen molar-refractivity contribution < 1.29 is 9.53 Å². The molecule has 0 amide bonds. The highest BCUT2D eigenvalue weighted by Gasteiger charge is 2.09. The number of para-hydroxylation sites is 1. The monoisotopic (exact) mass is 343 g/mol. The van der Waals surface area contributed by atoms with Gasteiger partial charge in [0, 0.05) is 5.56 Å². The van der Waals surface area contributed by atoms with Crippen molar-refractivity contribution >= 4 is 34.0 Å². The number of ketones is 1. The Hall–Kier alpha value is -2.38. The SMILES string of the molecule is Nc1nnc(SCC(=O)c2ccc(Oc3ccccc3)cc2)s1. The van der Waals surface area contributed by atoms with Crippen LogP contribution >= 0.6 is 23.1 Å². The van der Waals surface area contributed by atoms with E-state index in [-0.39, 0.29) is 5.78 Å². The van der Waals surface area contributed by atoms with Crippen LogP contribution in [0.5, 0.6) is 11.5 Å². The number of nitrogens with two attached hydrogens (primary N) is 1. The molecule has 0 atom stereocenters. The molecule has 0 aliphatic rings. The Kier molecular flexibility index (Phi) is 4.89. The number of benzene rings is 2. The van der Waals surface area contributed by atoms with Gasteiger partial charge in [0.25, 0.3) is 0 Å². The van der Waals surface area contributed by atoms with Crippen LogP contribution in [0.15, 0.2) is 58.9 Å². The van der Waals surface area contributed by atoms with Gasteiger partial charge in [-0.2, -0.15) is 0 Å². The first-order chi connectivity index (χ1) is 11.2. The first-order valence-electron chi connectivity index (χ1n) is 6.78. The fourth-order valence-electron chi connectivity index (χ4n) is 1.82. The summed E-state index contributed by atoms with van der Waals surface area (Å²) in [6.07, 6.45) is 0. The third-order valence-corrected chi connectivity index (χ3v) is 4.79. The molecular weight excluding hydrogens is 330 g/mol. The Morgan fingerprint density at radius 1 is 1.04 bits per heavy atom. The number of carbonyl (C=O) groups is 1. The molecule has 3 aromatic rings. The minimum Gasteiger partial charge on any atom is -0.457 e. The van der Waals surface area contributed by atoms with Gasteiger partial charge in [0.05, 0.1) is 5.75 Å². The Morgan fingerprint density at radius 2 is 1.74 bits per heavy atom. The van der Waals surface area contributed by atoms with Gasteiger partial charge in [0.2, 0.25) is 5.13 Å². The Bertz CT molecular complexity index is 789. The number of carbonyl (C=O) groups excluding carboxylic acids is 1. The lowest BCUT2D eigenvalue weighted by molar-refractivity contribution is 0.102. The van der Waals surface area contributed by atoms with Crippen molar-refractivity contribution in [3.05, 3.63) is 60.2 Å². The molecule has 1 aromatic heterocycles. The van der Waals surface area contributed by atoms with E-state index in [0.29, 0.717) is 26.5 Å². The zero-order valence-electron chi connectivity index (χ0n) is 12.0. The quantitative estimate of drug-likeness (QED) is 0.540. The van der Waals surface area contributed by atoms with Crippen LogP contribution in [0, 0.1) is 0 Å². The predicted octanol–water partition coefficient (Wildman–Crippen LogP) is 3.89. The summed E-state index contributed by atoms with van der Waals surface area (Å²) in [5.41, 5.74) is 6.14. The second kappa shape index (κ2) is 7.26. The highest BCUT2D eigenvalue weighted by Crippen LogP contribution is 2.25. The van der Waals surface area contributed by atoms with Gasteiger partial charge in [-0.15, -0.1) is 10.2 Å². The number of hydrogen-bond acceptors (Lipinski definition) is 7. The maximum absolute atomic E-state index is 12.2. The number of ether oxygens (including phenoxy) is 1. The number of anilines is 1. The Morgan fingerprint density at radius 3 is 2.39 bits per heavy atom. The highest BCUT2D eigenvalue weighted by molar-refractivity contribution is 8.01.